The molecule has 0 spiro atoms. The molecule has 1 aromatic rings. The Morgan fingerprint density at radius 3 is 2.39 bits per heavy atom. The number of hydrogen-bond donors (Lipinski definition) is 0. The van der Waals surface area contributed by atoms with Crippen molar-refractivity contribution in [2.75, 3.05) is 19.0 Å². The SMILES string of the molecule is O=S(=O)(c1ccccc1Cl)N(CCCl)CC(F)F. The predicted octanol–water partition coefficient (Wildman–Crippen LogP) is 2.83. The highest BCUT2D eigenvalue weighted by atomic mass is 35.5. The fourth-order valence-corrected chi connectivity index (χ4v) is 3.57. The van der Waals surface area contributed by atoms with Gasteiger partial charge in [0.1, 0.15) is 4.90 Å². The zero-order valence-electron chi connectivity index (χ0n) is 9.19. The molecule has 102 valence electrons. The lowest BCUT2D eigenvalue weighted by atomic mass is 10.4. The number of alkyl halides is 3. The molecule has 0 bridgehead atoms. The number of benzene rings is 1. The Bertz CT molecular complexity index is 496. The van der Waals surface area contributed by atoms with Crippen LogP contribution in [0.2, 0.25) is 5.02 Å². The molecule has 1 rings (SSSR count). The van der Waals surface area contributed by atoms with E-state index in [1.807, 2.05) is 0 Å². The molecule has 0 aliphatic rings. The average molecular weight is 318 g/mol. The van der Waals surface area contributed by atoms with Gasteiger partial charge in [-0.3, -0.25) is 0 Å². The van der Waals surface area contributed by atoms with Gasteiger partial charge >= 0.3 is 0 Å². The molecule has 1 aromatic carbocycles. The minimum absolute atomic E-state index is 0.00802. The van der Waals surface area contributed by atoms with E-state index in [2.05, 4.69) is 0 Å². The average Bonchev–Trinajstić information content (AvgIpc) is 2.28. The maximum atomic E-state index is 12.4. The maximum absolute atomic E-state index is 12.4. The van der Waals surface area contributed by atoms with Crippen LogP contribution in [-0.2, 0) is 10.0 Å². The van der Waals surface area contributed by atoms with Gasteiger partial charge in [0.2, 0.25) is 10.0 Å². The largest absolute Gasteiger partial charge is 0.252 e. The summed E-state index contributed by atoms with van der Waals surface area (Å²) in [4.78, 5) is -0.197. The highest BCUT2D eigenvalue weighted by Crippen LogP contribution is 2.24. The molecule has 0 N–H and O–H groups in total. The van der Waals surface area contributed by atoms with E-state index >= 15 is 0 Å². The highest BCUT2D eigenvalue weighted by molar-refractivity contribution is 7.89. The Morgan fingerprint density at radius 2 is 1.89 bits per heavy atom. The topological polar surface area (TPSA) is 37.4 Å². The second-order valence-electron chi connectivity index (χ2n) is 3.37. The van der Waals surface area contributed by atoms with Crippen molar-refractivity contribution in [2.24, 2.45) is 0 Å². The van der Waals surface area contributed by atoms with E-state index in [0.29, 0.717) is 4.31 Å². The summed E-state index contributed by atoms with van der Waals surface area (Å²) in [6, 6.07) is 5.68. The number of nitrogens with zero attached hydrogens (tertiary/aromatic N) is 1. The Hall–Kier alpha value is -0.430. The van der Waals surface area contributed by atoms with Crippen LogP contribution in [0.4, 0.5) is 8.78 Å². The third-order valence-electron chi connectivity index (χ3n) is 2.13. The van der Waals surface area contributed by atoms with Gasteiger partial charge in [0.25, 0.3) is 6.43 Å². The van der Waals surface area contributed by atoms with E-state index in [4.69, 9.17) is 23.2 Å². The third kappa shape index (κ3) is 3.78. The molecule has 8 heteroatoms. The zero-order chi connectivity index (χ0) is 13.8. The lowest BCUT2D eigenvalue weighted by Gasteiger charge is -2.21. The molecular weight excluding hydrogens is 307 g/mol. The fourth-order valence-electron chi connectivity index (χ4n) is 1.35. The van der Waals surface area contributed by atoms with Crippen LogP contribution in [0.5, 0.6) is 0 Å². The number of rotatable bonds is 6. The smallest absolute Gasteiger partial charge is 0.209 e. The van der Waals surface area contributed by atoms with Gasteiger partial charge in [-0.05, 0) is 12.1 Å². The van der Waals surface area contributed by atoms with Crippen molar-refractivity contribution in [3.8, 4) is 0 Å². The Labute approximate surface area is 114 Å². The molecule has 0 heterocycles. The number of hydrogen-bond acceptors (Lipinski definition) is 2. The van der Waals surface area contributed by atoms with Crippen LogP contribution in [0.3, 0.4) is 0 Å². The monoisotopic (exact) mass is 317 g/mol. The first-order valence-electron chi connectivity index (χ1n) is 4.98. The summed E-state index contributed by atoms with van der Waals surface area (Å²) >= 11 is 11.2. The van der Waals surface area contributed by atoms with Gasteiger partial charge in [-0.15, -0.1) is 11.6 Å². The summed E-state index contributed by atoms with van der Waals surface area (Å²) in [7, 11) is -4.05. The van der Waals surface area contributed by atoms with E-state index in [0.717, 1.165) is 0 Å². The first-order chi connectivity index (χ1) is 8.39. The molecule has 0 unspecified atom stereocenters. The second-order valence-corrected chi connectivity index (χ2v) is 6.07. The summed E-state index contributed by atoms with van der Waals surface area (Å²) in [6.07, 6.45) is -2.77. The van der Waals surface area contributed by atoms with Crippen molar-refractivity contribution in [3.63, 3.8) is 0 Å². The van der Waals surface area contributed by atoms with Gasteiger partial charge in [-0.1, -0.05) is 23.7 Å². The van der Waals surface area contributed by atoms with Crippen molar-refractivity contribution in [3.05, 3.63) is 29.3 Å². The van der Waals surface area contributed by atoms with Gasteiger partial charge in [0.15, 0.2) is 0 Å². The van der Waals surface area contributed by atoms with Crippen LogP contribution >= 0.6 is 23.2 Å². The van der Waals surface area contributed by atoms with Crippen LogP contribution in [0.15, 0.2) is 29.2 Å². The van der Waals surface area contributed by atoms with Gasteiger partial charge in [-0.2, -0.15) is 4.31 Å². The molecule has 0 amide bonds. The molecule has 0 aromatic heterocycles. The number of sulfonamides is 1. The quantitative estimate of drug-likeness (QED) is 0.757. The van der Waals surface area contributed by atoms with E-state index in [1.54, 1.807) is 6.07 Å². The Kier molecular flexibility index (Phi) is 5.78. The van der Waals surface area contributed by atoms with Crippen LogP contribution in [0, 0.1) is 0 Å². The lowest BCUT2D eigenvalue weighted by Crippen LogP contribution is -2.36. The second kappa shape index (κ2) is 6.65. The number of halogens is 4. The third-order valence-corrected chi connectivity index (χ3v) is 4.66. The first kappa shape index (κ1) is 15.6. The molecule has 0 aliphatic heterocycles. The van der Waals surface area contributed by atoms with Gasteiger partial charge in [0.05, 0.1) is 11.6 Å². The van der Waals surface area contributed by atoms with E-state index in [1.165, 1.54) is 18.2 Å². The predicted molar refractivity (Wildman–Crippen MR) is 66.9 cm³/mol. The summed E-state index contributed by atoms with van der Waals surface area (Å²) in [5, 5.41) is -0.00802. The van der Waals surface area contributed by atoms with E-state index in [-0.39, 0.29) is 22.3 Å². The maximum Gasteiger partial charge on any atom is 0.252 e. The zero-order valence-corrected chi connectivity index (χ0v) is 11.5. The lowest BCUT2D eigenvalue weighted by molar-refractivity contribution is 0.121. The molecule has 18 heavy (non-hydrogen) atoms. The molecule has 0 saturated carbocycles. The minimum atomic E-state index is -4.05. The van der Waals surface area contributed by atoms with Crippen molar-refractivity contribution >= 4 is 33.2 Å². The van der Waals surface area contributed by atoms with Crippen LogP contribution in [0.25, 0.3) is 0 Å². The van der Waals surface area contributed by atoms with Gasteiger partial charge in [0, 0.05) is 12.4 Å². The molecular formula is C10H11Cl2F2NO2S. The normalized spacial score (nSPS) is 12.3. The minimum Gasteiger partial charge on any atom is -0.209 e. The summed E-state index contributed by atoms with van der Waals surface area (Å²) in [6.45, 7) is -1.10. The summed E-state index contributed by atoms with van der Waals surface area (Å²) in [5.74, 6) is -0.0730. The van der Waals surface area contributed by atoms with Crippen LogP contribution < -0.4 is 0 Å². The van der Waals surface area contributed by atoms with Gasteiger partial charge in [-0.25, -0.2) is 17.2 Å². The van der Waals surface area contributed by atoms with Crippen LogP contribution in [0.1, 0.15) is 0 Å². The van der Waals surface area contributed by atoms with Crippen molar-refractivity contribution < 1.29 is 17.2 Å². The molecule has 0 aliphatic carbocycles. The molecule has 0 saturated heterocycles. The van der Waals surface area contributed by atoms with Crippen molar-refractivity contribution in [1.29, 1.82) is 0 Å². The van der Waals surface area contributed by atoms with E-state index in [9.17, 15) is 17.2 Å². The molecule has 0 fully saturated rings. The highest BCUT2D eigenvalue weighted by Gasteiger charge is 2.28. The Balaban J connectivity index is 3.13. The van der Waals surface area contributed by atoms with Gasteiger partial charge < -0.3 is 0 Å². The van der Waals surface area contributed by atoms with Crippen LogP contribution in [-0.4, -0.2) is 38.1 Å². The van der Waals surface area contributed by atoms with Crippen molar-refractivity contribution in [2.45, 2.75) is 11.3 Å². The molecule has 3 nitrogen and oxygen atoms in total. The first-order valence-corrected chi connectivity index (χ1v) is 7.33. The fraction of sp³-hybridized carbons (Fsp3) is 0.400. The molecule has 0 atom stereocenters. The van der Waals surface area contributed by atoms with Crippen molar-refractivity contribution in [1.82, 2.24) is 4.31 Å². The summed E-state index contributed by atoms with van der Waals surface area (Å²) in [5.41, 5.74) is 0. The summed E-state index contributed by atoms with van der Waals surface area (Å²) < 4.78 is 49.6. The molecule has 0 radical (unpaired) electrons. The standard InChI is InChI=1S/C10H11Cl2F2NO2S/c11-5-6-15(7-10(13)14)18(16,17)9-4-2-1-3-8(9)12/h1-4,10H,5-7H2. The Morgan fingerprint density at radius 1 is 1.28 bits per heavy atom. The van der Waals surface area contributed by atoms with E-state index < -0.39 is 23.0 Å².